The van der Waals surface area contributed by atoms with Crippen LogP contribution >= 0.6 is 0 Å². The van der Waals surface area contributed by atoms with Gasteiger partial charge in [0.1, 0.15) is 18.9 Å². The first-order valence-corrected chi connectivity index (χ1v) is 7.88. The van der Waals surface area contributed by atoms with Gasteiger partial charge in [-0.15, -0.1) is 0 Å². The number of carbonyl (C=O) groups is 1. The molecule has 0 fully saturated rings. The summed E-state index contributed by atoms with van der Waals surface area (Å²) >= 11 is 0. The number of benzene rings is 1. The Morgan fingerprint density at radius 3 is 2.57 bits per heavy atom. The molecule has 1 aliphatic heterocycles. The maximum Gasteiger partial charge on any atom is 0.268 e. The van der Waals surface area contributed by atoms with Crippen LogP contribution in [0.25, 0.3) is 0 Å². The molecule has 1 amide bonds. The van der Waals surface area contributed by atoms with Gasteiger partial charge in [0, 0.05) is 13.2 Å². The molecule has 1 aliphatic rings. The van der Waals surface area contributed by atoms with Crippen LogP contribution in [-0.4, -0.2) is 23.7 Å². The lowest BCUT2D eigenvalue weighted by atomic mass is 9.95. The molecule has 122 valence electrons. The zero-order valence-corrected chi connectivity index (χ0v) is 13.7. The number of carbonyl (C=O) groups excluding carboxylic acids is 1. The van der Waals surface area contributed by atoms with Crippen molar-refractivity contribution in [3.05, 3.63) is 47.8 Å². The molecule has 1 unspecified atom stereocenters. The van der Waals surface area contributed by atoms with Gasteiger partial charge in [-0.1, -0.05) is 19.9 Å². The molecular formula is C18H22N2O3. The van der Waals surface area contributed by atoms with E-state index in [-0.39, 0.29) is 17.9 Å². The fourth-order valence-electron chi connectivity index (χ4n) is 2.80. The van der Waals surface area contributed by atoms with Crippen LogP contribution in [0.1, 0.15) is 35.9 Å². The molecule has 1 aromatic carbocycles. The van der Waals surface area contributed by atoms with Crippen molar-refractivity contribution >= 4 is 5.91 Å². The lowest BCUT2D eigenvalue weighted by Gasteiger charge is -2.25. The molecular weight excluding hydrogens is 292 g/mol. The summed E-state index contributed by atoms with van der Waals surface area (Å²) < 4.78 is 13.0. The fourth-order valence-corrected chi connectivity index (χ4v) is 2.80. The number of nitrogens with one attached hydrogen (secondary N) is 1. The van der Waals surface area contributed by atoms with E-state index in [0.717, 1.165) is 17.1 Å². The Hall–Kier alpha value is -2.43. The number of aryl methyl sites for hydroxylation is 1. The Bertz CT molecular complexity index is 706. The average molecular weight is 314 g/mol. The van der Waals surface area contributed by atoms with E-state index in [1.807, 2.05) is 48.1 Å². The first-order valence-electron chi connectivity index (χ1n) is 7.88. The lowest BCUT2D eigenvalue weighted by Crippen LogP contribution is -2.33. The van der Waals surface area contributed by atoms with Crippen LogP contribution in [0.4, 0.5) is 0 Å². The summed E-state index contributed by atoms with van der Waals surface area (Å²) in [6, 6.07) is 9.45. The van der Waals surface area contributed by atoms with Crippen molar-refractivity contribution < 1.29 is 14.3 Å². The third-order valence-electron chi connectivity index (χ3n) is 4.06. The van der Waals surface area contributed by atoms with E-state index >= 15 is 0 Å². The van der Waals surface area contributed by atoms with Crippen LogP contribution in [0, 0.1) is 5.92 Å². The first-order chi connectivity index (χ1) is 11.1. The maximum atomic E-state index is 12.5. The van der Waals surface area contributed by atoms with Crippen LogP contribution in [0.5, 0.6) is 11.5 Å². The third kappa shape index (κ3) is 3.18. The highest BCUT2D eigenvalue weighted by molar-refractivity contribution is 5.93. The highest BCUT2D eigenvalue weighted by atomic mass is 16.6. The topological polar surface area (TPSA) is 52.5 Å². The SMILES string of the molecule is CC(C)C(NC(=O)c1cccn1C)c1ccc2c(c1)OCCO2. The van der Waals surface area contributed by atoms with Gasteiger partial charge in [-0.25, -0.2) is 0 Å². The Kier molecular flexibility index (Phi) is 4.28. The van der Waals surface area contributed by atoms with Crippen molar-refractivity contribution in [2.24, 2.45) is 13.0 Å². The van der Waals surface area contributed by atoms with Crippen molar-refractivity contribution in [2.75, 3.05) is 13.2 Å². The molecule has 0 saturated heterocycles. The monoisotopic (exact) mass is 314 g/mol. The van der Waals surface area contributed by atoms with E-state index in [9.17, 15) is 4.79 Å². The third-order valence-corrected chi connectivity index (χ3v) is 4.06. The van der Waals surface area contributed by atoms with Crippen molar-refractivity contribution in [1.29, 1.82) is 0 Å². The number of amides is 1. The number of nitrogens with zero attached hydrogens (tertiary/aromatic N) is 1. The highest BCUT2D eigenvalue weighted by Gasteiger charge is 2.22. The Morgan fingerprint density at radius 2 is 1.91 bits per heavy atom. The average Bonchev–Trinajstić information content (AvgIpc) is 2.98. The number of hydrogen-bond donors (Lipinski definition) is 1. The summed E-state index contributed by atoms with van der Waals surface area (Å²) in [4.78, 5) is 12.5. The van der Waals surface area contributed by atoms with Crippen LogP contribution in [0.15, 0.2) is 36.5 Å². The van der Waals surface area contributed by atoms with Crippen LogP contribution < -0.4 is 14.8 Å². The highest BCUT2D eigenvalue weighted by Crippen LogP contribution is 2.34. The maximum absolute atomic E-state index is 12.5. The molecule has 0 radical (unpaired) electrons. The Labute approximate surface area is 136 Å². The van der Waals surface area contributed by atoms with Crippen molar-refractivity contribution in [1.82, 2.24) is 9.88 Å². The van der Waals surface area contributed by atoms with Gasteiger partial charge in [-0.2, -0.15) is 0 Å². The summed E-state index contributed by atoms with van der Waals surface area (Å²) in [5.41, 5.74) is 1.67. The minimum Gasteiger partial charge on any atom is -0.486 e. The Balaban J connectivity index is 1.84. The van der Waals surface area contributed by atoms with E-state index < -0.39 is 0 Å². The lowest BCUT2D eigenvalue weighted by molar-refractivity contribution is 0.0917. The second-order valence-corrected chi connectivity index (χ2v) is 6.10. The van der Waals surface area contributed by atoms with Crippen LogP contribution in [0.2, 0.25) is 0 Å². The minimum atomic E-state index is -0.0896. The van der Waals surface area contributed by atoms with Gasteiger partial charge < -0.3 is 19.4 Å². The van der Waals surface area contributed by atoms with Gasteiger partial charge in [0.05, 0.1) is 6.04 Å². The molecule has 1 aromatic heterocycles. The summed E-state index contributed by atoms with van der Waals surface area (Å²) in [5, 5.41) is 3.13. The summed E-state index contributed by atoms with van der Waals surface area (Å²) in [5.74, 6) is 1.68. The number of ether oxygens (including phenoxy) is 2. The zero-order chi connectivity index (χ0) is 16.4. The molecule has 2 heterocycles. The van der Waals surface area contributed by atoms with Crippen molar-refractivity contribution in [3.63, 3.8) is 0 Å². The quantitative estimate of drug-likeness (QED) is 0.944. The molecule has 5 heteroatoms. The largest absolute Gasteiger partial charge is 0.486 e. The van der Waals surface area contributed by atoms with Gasteiger partial charge in [-0.3, -0.25) is 4.79 Å². The molecule has 0 saturated carbocycles. The van der Waals surface area contributed by atoms with E-state index in [4.69, 9.17) is 9.47 Å². The van der Waals surface area contributed by atoms with Gasteiger partial charge in [0.25, 0.3) is 5.91 Å². The van der Waals surface area contributed by atoms with E-state index in [2.05, 4.69) is 19.2 Å². The molecule has 0 aliphatic carbocycles. The molecule has 0 spiro atoms. The standard InChI is InChI=1S/C18H22N2O3/c1-12(2)17(19-18(21)14-5-4-8-20(14)3)13-6-7-15-16(11-13)23-10-9-22-15/h4-8,11-12,17H,9-10H2,1-3H3,(H,19,21). The summed E-state index contributed by atoms with van der Waals surface area (Å²) in [7, 11) is 1.86. The fraction of sp³-hybridized carbons (Fsp3) is 0.389. The van der Waals surface area contributed by atoms with Crippen molar-refractivity contribution in [2.45, 2.75) is 19.9 Å². The summed E-state index contributed by atoms with van der Waals surface area (Å²) in [6.07, 6.45) is 1.86. The first kappa shape index (κ1) is 15.5. The smallest absolute Gasteiger partial charge is 0.268 e. The molecule has 23 heavy (non-hydrogen) atoms. The predicted molar refractivity (Wildman–Crippen MR) is 87.9 cm³/mol. The number of rotatable bonds is 4. The van der Waals surface area contributed by atoms with Gasteiger partial charge in [0.15, 0.2) is 11.5 Å². The van der Waals surface area contributed by atoms with E-state index in [1.54, 1.807) is 0 Å². The van der Waals surface area contributed by atoms with E-state index in [1.165, 1.54) is 0 Å². The molecule has 3 rings (SSSR count). The second-order valence-electron chi connectivity index (χ2n) is 6.10. The Morgan fingerprint density at radius 1 is 1.17 bits per heavy atom. The molecule has 5 nitrogen and oxygen atoms in total. The van der Waals surface area contributed by atoms with Crippen molar-refractivity contribution in [3.8, 4) is 11.5 Å². The predicted octanol–water partition coefficient (Wildman–Crippen LogP) is 2.92. The van der Waals surface area contributed by atoms with Crippen LogP contribution in [0.3, 0.4) is 0 Å². The molecule has 1 atom stereocenters. The summed E-state index contributed by atoms with van der Waals surface area (Å²) in [6.45, 7) is 5.31. The van der Waals surface area contributed by atoms with Gasteiger partial charge >= 0.3 is 0 Å². The number of hydrogen-bond acceptors (Lipinski definition) is 3. The second kappa shape index (κ2) is 6.36. The van der Waals surface area contributed by atoms with Gasteiger partial charge in [-0.05, 0) is 35.7 Å². The minimum absolute atomic E-state index is 0.0777. The molecule has 2 aromatic rings. The van der Waals surface area contributed by atoms with Gasteiger partial charge in [0.2, 0.25) is 0 Å². The van der Waals surface area contributed by atoms with Crippen LogP contribution in [-0.2, 0) is 7.05 Å². The number of aromatic nitrogens is 1. The normalized spacial score (nSPS) is 14.6. The zero-order valence-electron chi connectivity index (χ0n) is 13.7. The van der Waals surface area contributed by atoms with E-state index in [0.29, 0.717) is 18.9 Å². The molecule has 0 bridgehead atoms. The molecule has 1 N–H and O–H groups in total. The number of fused-ring (bicyclic) bond motifs is 1.